The van der Waals surface area contributed by atoms with Gasteiger partial charge in [0.25, 0.3) is 11.8 Å². The molecule has 0 aliphatic carbocycles. The number of para-hydroxylation sites is 1. The number of nitrogens with zero attached hydrogens (tertiary/aromatic N) is 4. The van der Waals surface area contributed by atoms with E-state index >= 15 is 0 Å². The maximum Gasteiger partial charge on any atom is 0.262 e. The Bertz CT molecular complexity index is 1140. The number of fused-ring (bicyclic) bond motifs is 2. The van der Waals surface area contributed by atoms with Gasteiger partial charge in [-0.3, -0.25) is 24.2 Å². The van der Waals surface area contributed by atoms with Crippen LogP contribution in [0.3, 0.4) is 0 Å². The van der Waals surface area contributed by atoms with Gasteiger partial charge in [0.05, 0.1) is 20.8 Å². The third-order valence-electron chi connectivity index (χ3n) is 5.05. The number of imide groups is 1. The van der Waals surface area contributed by atoms with E-state index in [1.807, 2.05) is 31.1 Å². The minimum Gasteiger partial charge on any atom is -0.309 e. The lowest BCUT2D eigenvalue weighted by molar-refractivity contribution is -0.119. The number of hydrogen-bond donors (Lipinski definition) is 0. The number of carbonyl (C=O) groups is 3. The van der Waals surface area contributed by atoms with Gasteiger partial charge in [-0.05, 0) is 51.3 Å². The van der Waals surface area contributed by atoms with Crippen LogP contribution < -0.4 is 4.90 Å². The molecule has 0 bridgehead atoms. The molecule has 0 unspecified atom stereocenters. The van der Waals surface area contributed by atoms with Crippen LogP contribution in [0.4, 0.5) is 5.13 Å². The number of amides is 3. The van der Waals surface area contributed by atoms with Crippen molar-refractivity contribution in [2.24, 2.45) is 0 Å². The van der Waals surface area contributed by atoms with Crippen molar-refractivity contribution in [3.05, 3.63) is 58.6 Å². The summed E-state index contributed by atoms with van der Waals surface area (Å²) >= 11 is 7.63. The molecule has 0 saturated heterocycles. The number of hydrogen-bond acceptors (Lipinski definition) is 6. The molecule has 1 aliphatic heterocycles. The van der Waals surface area contributed by atoms with Crippen LogP contribution in [0.25, 0.3) is 10.2 Å². The molecule has 160 valence electrons. The predicted molar refractivity (Wildman–Crippen MR) is 122 cm³/mol. The Morgan fingerprint density at radius 3 is 2.32 bits per heavy atom. The maximum atomic E-state index is 13.3. The molecule has 31 heavy (non-hydrogen) atoms. The van der Waals surface area contributed by atoms with Crippen LogP contribution in [0.5, 0.6) is 0 Å². The first-order chi connectivity index (χ1) is 14.9. The quantitative estimate of drug-likeness (QED) is 0.508. The topological polar surface area (TPSA) is 73.8 Å². The van der Waals surface area contributed by atoms with Crippen molar-refractivity contribution in [1.82, 2.24) is 14.8 Å². The highest BCUT2D eigenvalue weighted by Crippen LogP contribution is 2.33. The molecule has 0 spiro atoms. The van der Waals surface area contributed by atoms with Gasteiger partial charge in [-0.15, -0.1) is 0 Å². The second kappa shape index (κ2) is 8.74. The zero-order valence-corrected chi connectivity index (χ0v) is 18.7. The van der Waals surface area contributed by atoms with E-state index in [9.17, 15) is 14.4 Å². The van der Waals surface area contributed by atoms with Crippen molar-refractivity contribution in [3.8, 4) is 0 Å². The number of aromatic nitrogens is 1. The van der Waals surface area contributed by atoms with Crippen LogP contribution in [0.2, 0.25) is 5.02 Å². The molecular formula is C22H21ClN4O3S. The lowest BCUT2D eigenvalue weighted by atomic mass is 10.1. The second-order valence-corrected chi connectivity index (χ2v) is 8.94. The van der Waals surface area contributed by atoms with Gasteiger partial charge >= 0.3 is 0 Å². The Labute approximate surface area is 188 Å². The molecule has 3 amide bonds. The van der Waals surface area contributed by atoms with E-state index < -0.39 is 11.8 Å². The Morgan fingerprint density at radius 1 is 1.03 bits per heavy atom. The fraction of sp³-hybridized carbons (Fsp3) is 0.273. The standard InChI is InChI=1S/C22H21ClN4O3S/c1-25(2)11-6-12-26(22-24-19-16(23)9-5-10-17(19)31-22)18(28)13-27-20(29)14-7-3-4-8-15(14)21(27)30/h3-5,7-10H,6,11-13H2,1-2H3. The fourth-order valence-electron chi connectivity index (χ4n) is 3.49. The average molecular weight is 457 g/mol. The Kier molecular flexibility index (Phi) is 6.04. The van der Waals surface area contributed by atoms with E-state index in [0.29, 0.717) is 39.8 Å². The van der Waals surface area contributed by atoms with E-state index in [1.165, 1.54) is 11.3 Å². The van der Waals surface area contributed by atoms with Crippen molar-refractivity contribution >= 4 is 56.0 Å². The van der Waals surface area contributed by atoms with Crippen molar-refractivity contribution in [1.29, 1.82) is 0 Å². The molecule has 0 radical (unpaired) electrons. The summed E-state index contributed by atoms with van der Waals surface area (Å²) in [6, 6.07) is 12.1. The van der Waals surface area contributed by atoms with Gasteiger partial charge in [-0.1, -0.05) is 41.1 Å². The molecule has 9 heteroatoms. The summed E-state index contributed by atoms with van der Waals surface area (Å²) in [6.45, 7) is 0.859. The summed E-state index contributed by atoms with van der Waals surface area (Å²) in [5, 5.41) is 1.02. The van der Waals surface area contributed by atoms with Crippen LogP contribution in [0, 0.1) is 0 Å². The Hall–Kier alpha value is -2.81. The SMILES string of the molecule is CN(C)CCCN(C(=O)CN1C(=O)c2ccccc2C1=O)c1nc2c(Cl)cccc2s1. The first-order valence-electron chi connectivity index (χ1n) is 9.82. The van der Waals surface area contributed by atoms with Crippen molar-refractivity contribution < 1.29 is 14.4 Å². The highest BCUT2D eigenvalue weighted by Gasteiger charge is 2.37. The Balaban J connectivity index is 1.60. The van der Waals surface area contributed by atoms with Crippen LogP contribution >= 0.6 is 22.9 Å². The van der Waals surface area contributed by atoms with Gasteiger partial charge in [0.1, 0.15) is 12.1 Å². The summed E-state index contributed by atoms with van der Waals surface area (Å²) in [7, 11) is 3.92. The van der Waals surface area contributed by atoms with E-state index in [4.69, 9.17) is 11.6 Å². The number of halogens is 1. The first kappa shape index (κ1) is 21.4. The van der Waals surface area contributed by atoms with Gasteiger partial charge in [0.2, 0.25) is 5.91 Å². The highest BCUT2D eigenvalue weighted by molar-refractivity contribution is 7.22. The highest BCUT2D eigenvalue weighted by atomic mass is 35.5. The molecule has 4 rings (SSSR count). The number of anilines is 1. The molecule has 7 nitrogen and oxygen atoms in total. The van der Waals surface area contributed by atoms with Crippen LogP contribution in [0.15, 0.2) is 42.5 Å². The minimum atomic E-state index is -0.450. The smallest absolute Gasteiger partial charge is 0.262 e. The normalized spacial score (nSPS) is 13.4. The average Bonchev–Trinajstić information content (AvgIpc) is 3.27. The van der Waals surface area contributed by atoms with Gasteiger partial charge in [-0.2, -0.15) is 0 Å². The summed E-state index contributed by atoms with van der Waals surface area (Å²) in [6.07, 6.45) is 0.713. The van der Waals surface area contributed by atoms with Crippen molar-refractivity contribution in [2.75, 3.05) is 38.6 Å². The molecule has 0 atom stereocenters. The predicted octanol–water partition coefficient (Wildman–Crippen LogP) is 3.53. The third-order valence-corrected chi connectivity index (χ3v) is 6.40. The van der Waals surface area contributed by atoms with Gasteiger partial charge in [-0.25, -0.2) is 4.98 Å². The van der Waals surface area contributed by atoms with E-state index in [0.717, 1.165) is 16.1 Å². The monoisotopic (exact) mass is 456 g/mol. The number of carbonyl (C=O) groups excluding carboxylic acids is 3. The summed E-state index contributed by atoms with van der Waals surface area (Å²) in [4.78, 5) is 47.8. The van der Waals surface area contributed by atoms with E-state index in [2.05, 4.69) is 4.98 Å². The zero-order valence-electron chi connectivity index (χ0n) is 17.2. The fourth-order valence-corrected chi connectivity index (χ4v) is 4.80. The largest absolute Gasteiger partial charge is 0.309 e. The lowest BCUT2D eigenvalue weighted by Gasteiger charge is -2.23. The Morgan fingerprint density at radius 2 is 1.71 bits per heavy atom. The van der Waals surface area contributed by atoms with Crippen LogP contribution in [0.1, 0.15) is 27.1 Å². The van der Waals surface area contributed by atoms with Gasteiger partial charge in [0.15, 0.2) is 5.13 Å². The van der Waals surface area contributed by atoms with E-state index in [1.54, 1.807) is 35.2 Å². The second-order valence-electron chi connectivity index (χ2n) is 7.53. The molecule has 1 aliphatic rings. The van der Waals surface area contributed by atoms with E-state index in [-0.39, 0.29) is 12.5 Å². The molecular weight excluding hydrogens is 436 g/mol. The van der Waals surface area contributed by atoms with Crippen LogP contribution in [-0.2, 0) is 4.79 Å². The summed E-state index contributed by atoms with van der Waals surface area (Å²) in [5.41, 5.74) is 1.28. The molecule has 2 aromatic carbocycles. The summed E-state index contributed by atoms with van der Waals surface area (Å²) < 4.78 is 0.869. The van der Waals surface area contributed by atoms with Crippen molar-refractivity contribution in [3.63, 3.8) is 0 Å². The molecule has 3 aromatic rings. The zero-order chi connectivity index (χ0) is 22.1. The van der Waals surface area contributed by atoms with Gasteiger partial charge in [0, 0.05) is 6.54 Å². The third kappa shape index (κ3) is 4.19. The van der Waals surface area contributed by atoms with Crippen LogP contribution in [-0.4, -0.2) is 66.2 Å². The van der Waals surface area contributed by atoms with Gasteiger partial charge < -0.3 is 4.90 Å². The number of rotatable bonds is 7. The molecule has 0 fully saturated rings. The molecule has 0 saturated carbocycles. The number of benzene rings is 2. The molecule has 0 N–H and O–H groups in total. The maximum absolute atomic E-state index is 13.3. The minimum absolute atomic E-state index is 0.325. The molecule has 1 aromatic heterocycles. The summed E-state index contributed by atoms with van der Waals surface area (Å²) in [5.74, 6) is -1.26. The molecule has 2 heterocycles. The number of thiazole rings is 1. The first-order valence-corrected chi connectivity index (χ1v) is 11.0. The van der Waals surface area contributed by atoms with Crippen molar-refractivity contribution in [2.45, 2.75) is 6.42 Å². The lowest BCUT2D eigenvalue weighted by Crippen LogP contribution is -2.43.